The van der Waals surface area contributed by atoms with E-state index >= 15 is 0 Å². The van der Waals surface area contributed by atoms with E-state index < -0.39 is 17.6 Å². The van der Waals surface area contributed by atoms with E-state index in [0.29, 0.717) is 25.4 Å². The first kappa shape index (κ1) is 23.7. The minimum absolute atomic E-state index is 0. The molecule has 0 heterocycles. The van der Waals surface area contributed by atoms with Crippen LogP contribution in [0.15, 0.2) is 48.5 Å². The number of methoxy groups -OCH3 is 1. The van der Waals surface area contributed by atoms with Crippen LogP contribution >= 0.6 is 12.4 Å². The van der Waals surface area contributed by atoms with Crippen LogP contribution in [0.3, 0.4) is 0 Å². The molecule has 0 aliphatic rings. The number of rotatable bonds is 9. The third-order valence-electron chi connectivity index (χ3n) is 3.72. The number of amides is 1. The van der Waals surface area contributed by atoms with Crippen LogP contribution in [-0.4, -0.2) is 32.7 Å². The highest BCUT2D eigenvalue weighted by molar-refractivity contribution is 5.95. The molecule has 0 fully saturated rings. The van der Waals surface area contributed by atoms with Gasteiger partial charge in [-0.1, -0.05) is 30.3 Å². The maximum absolute atomic E-state index is 13.0. The van der Waals surface area contributed by atoms with Gasteiger partial charge >= 0.3 is 6.18 Å². The molecule has 1 amide bonds. The van der Waals surface area contributed by atoms with Gasteiger partial charge in [0, 0.05) is 20.2 Å². The van der Waals surface area contributed by atoms with Crippen LogP contribution in [-0.2, 0) is 22.3 Å². The highest BCUT2D eigenvalue weighted by Crippen LogP contribution is 2.34. The SMILES string of the molecule is COCCNCC(=O)Nc1cc(C(F)(F)F)ccc1NCc1ccccc1.Cl. The third-order valence-corrected chi connectivity index (χ3v) is 3.72. The zero-order chi connectivity index (χ0) is 19.7. The Morgan fingerprint density at radius 2 is 1.79 bits per heavy atom. The fourth-order valence-corrected chi connectivity index (χ4v) is 2.34. The van der Waals surface area contributed by atoms with Gasteiger partial charge in [0.15, 0.2) is 0 Å². The van der Waals surface area contributed by atoms with Gasteiger partial charge in [0.05, 0.1) is 30.1 Å². The van der Waals surface area contributed by atoms with E-state index in [1.807, 2.05) is 30.3 Å². The van der Waals surface area contributed by atoms with Crippen LogP contribution < -0.4 is 16.0 Å². The first-order valence-electron chi connectivity index (χ1n) is 8.38. The van der Waals surface area contributed by atoms with Crippen molar-refractivity contribution in [2.24, 2.45) is 0 Å². The van der Waals surface area contributed by atoms with Gasteiger partial charge in [-0.3, -0.25) is 4.79 Å². The van der Waals surface area contributed by atoms with Crippen molar-refractivity contribution in [3.05, 3.63) is 59.7 Å². The zero-order valence-corrected chi connectivity index (χ0v) is 16.1. The summed E-state index contributed by atoms with van der Waals surface area (Å²) in [6.45, 7) is 1.28. The summed E-state index contributed by atoms with van der Waals surface area (Å²) >= 11 is 0. The van der Waals surface area contributed by atoms with Gasteiger partial charge in [-0.25, -0.2) is 0 Å². The van der Waals surface area contributed by atoms with Crippen molar-refractivity contribution in [2.45, 2.75) is 12.7 Å². The average molecular weight is 418 g/mol. The number of hydrogen-bond donors (Lipinski definition) is 3. The molecule has 0 atom stereocenters. The number of halogens is 4. The monoisotopic (exact) mass is 417 g/mol. The number of ether oxygens (including phenoxy) is 1. The molecule has 28 heavy (non-hydrogen) atoms. The summed E-state index contributed by atoms with van der Waals surface area (Å²) in [7, 11) is 1.54. The lowest BCUT2D eigenvalue weighted by atomic mass is 10.1. The number of alkyl halides is 3. The fourth-order valence-electron chi connectivity index (χ4n) is 2.34. The highest BCUT2D eigenvalue weighted by Gasteiger charge is 2.31. The van der Waals surface area contributed by atoms with Crippen molar-refractivity contribution < 1.29 is 22.7 Å². The summed E-state index contributed by atoms with van der Waals surface area (Å²) in [5, 5.41) is 8.45. The zero-order valence-electron chi connectivity index (χ0n) is 15.3. The Morgan fingerprint density at radius 1 is 1.07 bits per heavy atom. The molecule has 154 valence electrons. The van der Waals surface area contributed by atoms with Crippen LogP contribution in [0.25, 0.3) is 0 Å². The van der Waals surface area contributed by atoms with E-state index in [4.69, 9.17) is 4.74 Å². The van der Waals surface area contributed by atoms with Crippen molar-refractivity contribution >= 4 is 29.7 Å². The first-order valence-corrected chi connectivity index (χ1v) is 8.38. The quantitative estimate of drug-likeness (QED) is 0.541. The second-order valence-electron chi connectivity index (χ2n) is 5.82. The van der Waals surface area contributed by atoms with Crippen LogP contribution in [0.1, 0.15) is 11.1 Å². The molecule has 2 aromatic carbocycles. The molecule has 2 rings (SSSR count). The maximum Gasteiger partial charge on any atom is 0.416 e. The summed E-state index contributed by atoms with van der Waals surface area (Å²) in [6, 6.07) is 12.7. The molecule has 2 aromatic rings. The minimum atomic E-state index is -4.49. The van der Waals surface area contributed by atoms with Crippen LogP contribution in [0.2, 0.25) is 0 Å². The van der Waals surface area contributed by atoms with Crippen LogP contribution in [0.4, 0.5) is 24.5 Å². The van der Waals surface area contributed by atoms with Gasteiger partial charge in [0.1, 0.15) is 0 Å². The van der Waals surface area contributed by atoms with Gasteiger partial charge in [0.25, 0.3) is 0 Å². The normalized spacial score (nSPS) is 10.9. The van der Waals surface area contributed by atoms with E-state index in [9.17, 15) is 18.0 Å². The second kappa shape index (κ2) is 11.5. The molecule has 5 nitrogen and oxygen atoms in total. The van der Waals surface area contributed by atoms with Gasteiger partial charge < -0.3 is 20.7 Å². The third kappa shape index (κ3) is 7.75. The molecule has 3 N–H and O–H groups in total. The topological polar surface area (TPSA) is 62.4 Å². The fraction of sp³-hybridized carbons (Fsp3) is 0.316. The van der Waals surface area contributed by atoms with Gasteiger partial charge in [-0.05, 0) is 23.8 Å². The molecule has 0 saturated heterocycles. The molecule has 0 spiro atoms. The van der Waals surface area contributed by atoms with Crippen molar-refractivity contribution in [2.75, 3.05) is 37.4 Å². The number of carbonyl (C=O) groups excluding carboxylic acids is 1. The molecule has 9 heteroatoms. The summed E-state index contributed by atoms with van der Waals surface area (Å²) in [5.41, 5.74) is 0.641. The summed E-state index contributed by atoms with van der Waals surface area (Å²) in [5.74, 6) is -0.437. The first-order chi connectivity index (χ1) is 12.9. The minimum Gasteiger partial charge on any atom is -0.383 e. The van der Waals surface area contributed by atoms with Crippen LogP contribution in [0.5, 0.6) is 0 Å². The summed E-state index contributed by atoms with van der Waals surface area (Å²) in [6.07, 6.45) is -4.49. The highest BCUT2D eigenvalue weighted by atomic mass is 35.5. The van der Waals surface area contributed by atoms with E-state index in [0.717, 1.165) is 17.7 Å². The molecule has 0 aliphatic heterocycles. The Hall–Kier alpha value is -2.29. The van der Waals surface area contributed by atoms with Crippen molar-refractivity contribution in [3.8, 4) is 0 Å². The van der Waals surface area contributed by atoms with Gasteiger partial charge in [-0.15, -0.1) is 12.4 Å². The predicted octanol–water partition coefficient (Wildman–Crippen LogP) is 3.91. The number of anilines is 2. The molecular weight excluding hydrogens is 395 g/mol. The molecule has 0 unspecified atom stereocenters. The van der Waals surface area contributed by atoms with E-state index in [2.05, 4.69) is 16.0 Å². The Morgan fingerprint density at radius 3 is 2.43 bits per heavy atom. The average Bonchev–Trinajstić information content (AvgIpc) is 2.64. The molecule has 0 bridgehead atoms. The molecule has 0 saturated carbocycles. The Bertz CT molecular complexity index is 743. The largest absolute Gasteiger partial charge is 0.416 e. The lowest BCUT2D eigenvalue weighted by Crippen LogP contribution is -2.30. The lowest BCUT2D eigenvalue weighted by Gasteiger charge is -2.16. The number of hydrogen-bond acceptors (Lipinski definition) is 4. The number of carbonyl (C=O) groups is 1. The molecule has 0 radical (unpaired) electrons. The van der Waals surface area contributed by atoms with E-state index in [1.54, 1.807) is 0 Å². The Balaban J connectivity index is 0.00000392. The number of nitrogens with one attached hydrogen (secondary N) is 3. The van der Waals surface area contributed by atoms with Gasteiger partial charge in [-0.2, -0.15) is 13.2 Å². The van der Waals surface area contributed by atoms with Crippen molar-refractivity contribution in [3.63, 3.8) is 0 Å². The molecule has 0 aliphatic carbocycles. The second-order valence-corrected chi connectivity index (χ2v) is 5.82. The summed E-state index contributed by atoms with van der Waals surface area (Å²) < 4.78 is 43.9. The lowest BCUT2D eigenvalue weighted by molar-refractivity contribution is -0.137. The Labute approximate surface area is 168 Å². The van der Waals surface area contributed by atoms with Crippen molar-refractivity contribution in [1.29, 1.82) is 0 Å². The summed E-state index contributed by atoms with van der Waals surface area (Å²) in [4.78, 5) is 12.0. The Kier molecular flexibility index (Phi) is 9.78. The van der Waals surface area contributed by atoms with Gasteiger partial charge in [0.2, 0.25) is 5.91 Å². The van der Waals surface area contributed by atoms with Crippen LogP contribution in [0, 0.1) is 0 Å². The predicted molar refractivity (Wildman–Crippen MR) is 106 cm³/mol. The molecule has 0 aromatic heterocycles. The van der Waals surface area contributed by atoms with E-state index in [-0.39, 0.29) is 24.6 Å². The number of benzene rings is 2. The van der Waals surface area contributed by atoms with E-state index in [1.165, 1.54) is 13.2 Å². The standard InChI is InChI=1S/C19H22F3N3O2.ClH/c1-27-10-9-23-13-18(26)25-17-11-15(19(20,21)22)7-8-16(17)24-12-14-5-3-2-4-6-14;/h2-8,11,23-24H,9-10,12-13H2,1H3,(H,25,26);1H. The van der Waals surface area contributed by atoms with Crippen molar-refractivity contribution in [1.82, 2.24) is 5.32 Å². The molecular formula is C19H23ClF3N3O2. The maximum atomic E-state index is 13.0. The smallest absolute Gasteiger partial charge is 0.383 e.